The molecule has 0 unspecified atom stereocenters. The van der Waals surface area contributed by atoms with Gasteiger partial charge in [-0.25, -0.2) is 0 Å². The molecular formula is C23H39LiO2. The second-order valence-corrected chi connectivity index (χ2v) is 6.84. The fourth-order valence-corrected chi connectivity index (χ4v) is 2.76. The van der Waals surface area contributed by atoms with Crippen LogP contribution in [-0.4, -0.2) is 11.1 Å². The van der Waals surface area contributed by atoms with Gasteiger partial charge in [0.25, 0.3) is 0 Å². The van der Waals surface area contributed by atoms with Gasteiger partial charge in [-0.3, -0.25) is 4.79 Å². The third-order valence-electron chi connectivity index (χ3n) is 4.34. The van der Waals surface area contributed by atoms with Crippen LogP contribution in [0.15, 0.2) is 0 Å². The number of carboxylic acids is 1. The van der Waals surface area contributed by atoms with Gasteiger partial charge in [-0.1, -0.05) is 89.4 Å². The van der Waals surface area contributed by atoms with Crippen LogP contribution in [0.3, 0.4) is 0 Å². The first-order valence-electron chi connectivity index (χ1n) is 10.4. The topological polar surface area (TPSA) is 37.3 Å². The zero-order valence-corrected chi connectivity index (χ0v) is 17.4. The average molecular weight is 355 g/mol. The predicted octanol–water partition coefficient (Wildman–Crippen LogP) is 3.85. The van der Waals surface area contributed by atoms with Crippen molar-refractivity contribution in [3.8, 4) is 23.7 Å². The van der Waals surface area contributed by atoms with E-state index >= 15 is 0 Å². The molecule has 0 radical (unpaired) electrons. The molecule has 0 aromatic carbocycles. The van der Waals surface area contributed by atoms with Crippen molar-refractivity contribution < 1.29 is 30.2 Å². The number of carbonyl (C=O) groups is 1. The SMILES string of the molecule is CCCCCCCCCCC#CC#CCCCCCCCCC(=O)O.[H-].[Li+]. The molecule has 0 amide bonds. The molecule has 0 aliphatic heterocycles. The Morgan fingerprint density at radius 1 is 0.692 bits per heavy atom. The first-order valence-corrected chi connectivity index (χ1v) is 10.4. The summed E-state index contributed by atoms with van der Waals surface area (Å²) in [5.74, 6) is 11.5. The molecule has 0 bridgehead atoms. The largest absolute Gasteiger partial charge is 1.00 e. The molecule has 2 nitrogen and oxygen atoms in total. The minimum atomic E-state index is -0.682. The van der Waals surface area contributed by atoms with Crippen molar-refractivity contribution in [1.29, 1.82) is 0 Å². The zero-order valence-electron chi connectivity index (χ0n) is 18.4. The van der Waals surface area contributed by atoms with E-state index in [1.807, 2.05) is 0 Å². The summed E-state index contributed by atoms with van der Waals surface area (Å²) in [4.78, 5) is 10.4. The number of carboxylic acid groups (broad SMARTS) is 1. The van der Waals surface area contributed by atoms with E-state index in [1.54, 1.807) is 0 Å². The number of rotatable bonds is 16. The molecule has 0 spiro atoms. The molecule has 0 aromatic heterocycles. The van der Waals surface area contributed by atoms with Crippen molar-refractivity contribution >= 4 is 5.97 Å². The van der Waals surface area contributed by atoms with Crippen molar-refractivity contribution in [3.05, 3.63) is 0 Å². The fourth-order valence-electron chi connectivity index (χ4n) is 2.76. The molecule has 144 valence electrons. The predicted molar refractivity (Wildman–Crippen MR) is 108 cm³/mol. The Morgan fingerprint density at radius 2 is 1.08 bits per heavy atom. The van der Waals surface area contributed by atoms with Gasteiger partial charge in [-0.15, -0.1) is 0 Å². The Morgan fingerprint density at radius 3 is 1.50 bits per heavy atom. The summed E-state index contributed by atoms with van der Waals surface area (Å²) in [6.07, 6.45) is 19.5. The van der Waals surface area contributed by atoms with Crippen molar-refractivity contribution in [1.82, 2.24) is 0 Å². The molecule has 3 heteroatoms. The molecule has 0 heterocycles. The standard InChI is InChI=1S/C23H38O2.Li.H/c1-2-3-4-5-6-7-8-9-10-11-12-13-14-15-16-17-18-19-20-21-22-23(24)25;;/h2-10,15-22H2,1H3,(H,24,25);;/q;+1;-1. The molecule has 0 aromatic rings. The van der Waals surface area contributed by atoms with E-state index in [0.717, 1.165) is 38.5 Å². The summed E-state index contributed by atoms with van der Waals surface area (Å²) < 4.78 is 0. The summed E-state index contributed by atoms with van der Waals surface area (Å²) in [6.45, 7) is 2.26. The van der Waals surface area contributed by atoms with Crippen LogP contribution in [0.25, 0.3) is 0 Å². The normalized spacial score (nSPS) is 9.42. The van der Waals surface area contributed by atoms with E-state index in [1.165, 1.54) is 64.2 Å². The Balaban J connectivity index is -0.00000288. The summed E-state index contributed by atoms with van der Waals surface area (Å²) >= 11 is 0. The number of aliphatic carboxylic acids is 1. The van der Waals surface area contributed by atoms with Gasteiger partial charge in [-0.05, 0) is 31.1 Å². The van der Waals surface area contributed by atoms with Gasteiger partial charge >= 0.3 is 24.8 Å². The minimum absolute atomic E-state index is 0. The second kappa shape index (κ2) is 24.2. The van der Waals surface area contributed by atoms with E-state index in [4.69, 9.17) is 5.11 Å². The second-order valence-electron chi connectivity index (χ2n) is 6.84. The van der Waals surface area contributed by atoms with Crippen LogP contribution in [0.2, 0.25) is 0 Å². The molecule has 1 N–H and O–H groups in total. The molecule has 0 aliphatic carbocycles. The van der Waals surface area contributed by atoms with E-state index in [-0.39, 0.29) is 20.3 Å². The van der Waals surface area contributed by atoms with Crippen LogP contribution in [0.5, 0.6) is 0 Å². The van der Waals surface area contributed by atoms with Crippen LogP contribution < -0.4 is 18.9 Å². The summed E-state index contributed by atoms with van der Waals surface area (Å²) in [7, 11) is 0. The third-order valence-corrected chi connectivity index (χ3v) is 4.34. The number of unbranched alkanes of at least 4 members (excludes halogenated alkanes) is 14. The summed E-state index contributed by atoms with van der Waals surface area (Å²) in [5.41, 5.74) is 0. The smallest absolute Gasteiger partial charge is 1.00 e. The first kappa shape index (κ1) is 27.4. The monoisotopic (exact) mass is 354 g/mol. The van der Waals surface area contributed by atoms with Crippen molar-refractivity contribution in [2.24, 2.45) is 0 Å². The van der Waals surface area contributed by atoms with Crippen LogP contribution in [0, 0.1) is 23.7 Å². The quantitative estimate of drug-likeness (QED) is 0.260. The Bertz CT molecular complexity index is 429. The van der Waals surface area contributed by atoms with Crippen LogP contribution in [0.1, 0.15) is 118 Å². The van der Waals surface area contributed by atoms with Crippen molar-refractivity contribution in [2.45, 2.75) is 116 Å². The van der Waals surface area contributed by atoms with Gasteiger partial charge in [0.15, 0.2) is 0 Å². The van der Waals surface area contributed by atoms with Crippen molar-refractivity contribution in [3.63, 3.8) is 0 Å². The maximum absolute atomic E-state index is 10.4. The number of hydrogen-bond acceptors (Lipinski definition) is 1. The van der Waals surface area contributed by atoms with E-state index < -0.39 is 5.97 Å². The Hall–Kier alpha value is -0.813. The van der Waals surface area contributed by atoms with Gasteiger partial charge < -0.3 is 6.53 Å². The van der Waals surface area contributed by atoms with E-state index in [0.29, 0.717) is 6.42 Å². The molecule has 0 rings (SSSR count). The van der Waals surface area contributed by atoms with Crippen LogP contribution >= 0.6 is 0 Å². The molecular weight excluding hydrogens is 315 g/mol. The molecule has 0 aliphatic rings. The maximum atomic E-state index is 10.4. The summed E-state index contributed by atoms with van der Waals surface area (Å²) in [6, 6.07) is 0. The van der Waals surface area contributed by atoms with Gasteiger partial charge in [0.1, 0.15) is 0 Å². The van der Waals surface area contributed by atoms with Crippen molar-refractivity contribution in [2.75, 3.05) is 0 Å². The first-order chi connectivity index (χ1) is 12.3. The molecule has 26 heavy (non-hydrogen) atoms. The van der Waals surface area contributed by atoms with Crippen LogP contribution in [0.4, 0.5) is 0 Å². The minimum Gasteiger partial charge on any atom is -1.00 e. The summed E-state index contributed by atoms with van der Waals surface area (Å²) in [5, 5.41) is 8.54. The Kier molecular flexibility index (Phi) is 25.5. The van der Waals surface area contributed by atoms with Gasteiger partial charge in [-0.2, -0.15) is 0 Å². The molecule has 0 saturated heterocycles. The third kappa shape index (κ3) is 25.4. The Labute approximate surface area is 176 Å². The van der Waals surface area contributed by atoms with Crippen LogP contribution in [-0.2, 0) is 4.79 Å². The number of hydrogen-bond donors (Lipinski definition) is 1. The fraction of sp³-hybridized carbons (Fsp3) is 0.783. The average Bonchev–Trinajstić information content (AvgIpc) is 2.60. The van der Waals surface area contributed by atoms with Gasteiger partial charge in [0.05, 0.1) is 0 Å². The van der Waals surface area contributed by atoms with E-state index in [2.05, 4.69) is 30.6 Å². The molecule has 0 atom stereocenters. The van der Waals surface area contributed by atoms with E-state index in [9.17, 15) is 4.79 Å². The van der Waals surface area contributed by atoms with Gasteiger partial charge in [0.2, 0.25) is 0 Å². The molecule has 0 fully saturated rings. The zero-order chi connectivity index (χ0) is 18.4. The maximum Gasteiger partial charge on any atom is 1.00 e. The van der Waals surface area contributed by atoms with Gasteiger partial charge in [0, 0.05) is 19.3 Å². The molecule has 0 saturated carbocycles.